The van der Waals surface area contributed by atoms with Gasteiger partial charge in [0.1, 0.15) is 17.1 Å². The molecule has 0 amide bonds. The number of nitrogens with zero attached hydrogens (tertiary/aromatic N) is 6. The lowest BCUT2D eigenvalue weighted by Crippen LogP contribution is -2.36. The van der Waals surface area contributed by atoms with Crippen LogP contribution in [0.2, 0.25) is 0 Å². The fraction of sp³-hybridized carbons (Fsp3) is 0.438. The molecule has 224 valence electrons. The van der Waals surface area contributed by atoms with E-state index in [-0.39, 0.29) is 0 Å². The van der Waals surface area contributed by atoms with Gasteiger partial charge in [0.2, 0.25) is 6.29 Å². The lowest BCUT2D eigenvalue weighted by molar-refractivity contribution is -0.154. The molecule has 3 rings (SSSR count). The fourth-order valence-corrected chi connectivity index (χ4v) is 3.07. The lowest BCUT2D eigenvalue weighted by atomic mass is 10.3. The molecule has 0 atom stereocenters. The van der Waals surface area contributed by atoms with Gasteiger partial charge in [-0.15, -0.1) is 0 Å². The second-order valence-electron chi connectivity index (χ2n) is 7.41. The van der Waals surface area contributed by atoms with Crippen LogP contribution in [0.3, 0.4) is 0 Å². The quantitative estimate of drug-likeness (QED) is 0.298. The number of aromatic nitrogens is 6. The van der Waals surface area contributed by atoms with Gasteiger partial charge in [0.15, 0.2) is 17.1 Å². The monoisotopic (exact) mass is 622 g/mol. The van der Waals surface area contributed by atoms with E-state index in [1.807, 2.05) is 0 Å². The summed E-state index contributed by atoms with van der Waals surface area (Å²) < 4.78 is 237. The van der Waals surface area contributed by atoms with Crippen molar-refractivity contribution in [2.75, 3.05) is 0 Å². The van der Waals surface area contributed by atoms with Crippen LogP contribution in [-0.4, -0.2) is 29.3 Å². The van der Waals surface area contributed by atoms with Crippen molar-refractivity contribution in [1.29, 1.82) is 0 Å². The first-order chi connectivity index (χ1) is 17.6. The van der Waals surface area contributed by atoms with Crippen molar-refractivity contribution in [3.05, 3.63) is 52.4 Å². The fourth-order valence-electron chi connectivity index (χ4n) is 3.07. The Morgan fingerprint density at radius 3 is 0.725 bits per heavy atom. The van der Waals surface area contributed by atoms with E-state index in [0.717, 1.165) is 0 Å². The van der Waals surface area contributed by atoms with Gasteiger partial charge in [0.25, 0.3) is 0 Å². The van der Waals surface area contributed by atoms with Crippen LogP contribution < -0.4 is 0 Å². The highest BCUT2D eigenvalue weighted by molar-refractivity contribution is 5.23. The van der Waals surface area contributed by atoms with E-state index in [2.05, 4.69) is 15.3 Å². The molecule has 3 aromatic heterocycles. The normalized spacial score (nSPS) is 14.5. The molecule has 24 heteroatoms. The van der Waals surface area contributed by atoms with E-state index in [4.69, 9.17) is 0 Å². The second-order valence-corrected chi connectivity index (χ2v) is 7.41. The van der Waals surface area contributed by atoms with Gasteiger partial charge in [0, 0.05) is 18.2 Å². The minimum atomic E-state index is -6.15. The molecule has 0 aliphatic rings. The summed E-state index contributed by atoms with van der Waals surface area (Å²) in [5, 5.41) is 6.73. The van der Waals surface area contributed by atoms with Gasteiger partial charge >= 0.3 is 37.1 Å². The van der Waals surface area contributed by atoms with E-state index in [0.29, 0.717) is 0 Å². The van der Waals surface area contributed by atoms with Gasteiger partial charge < -0.3 is 0 Å². The molecule has 0 saturated carbocycles. The standard InChI is InChI=1S/C16H4F18N6/c17-11(18,19)4-1-7(14(26,27)28)38(35-4)10(39-8(15(29,30)31)2-5(36-39)12(20,21)22)40-9(16(32,33)34)3-6(37-40)13(23,24)25/h1-3,10H. The molecule has 3 heterocycles. The third-order valence-corrected chi connectivity index (χ3v) is 4.61. The smallest absolute Gasteiger partial charge is 0.214 e. The van der Waals surface area contributed by atoms with E-state index in [1.165, 1.54) is 0 Å². The number of alkyl halides is 18. The molecule has 3 aromatic rings. The molecule has 0 unspecified atom stereocenters. The van der Waals surface area contributed by atoms with Gasteiger partial charge in [-0.2, -0.15) is 94.3 Å². The Labute approximate surface area is 205 Å². The predicted molar refractivity (Wildman–Crippen MR) is 86.5 cm³/mol. The maximum absolute atomic E-state index is 13.6. The third kappa shape index (κ3) is 5.93. The number of hydrogen-bond acceptors (Lipinski definition) is 3. The van der Waals surface area contributed by atoms with E-state index < -0.39 is 110 Å². The molecule has 0 N–H and O–H groups in total. The van der Waals surface area contributed by atoms with Gasteiger partial charge in [-0.05, 0) is 0 Å². The lowest BCUT2D eigenvalue weighted by Gasteiger charge is -2.26. The Kier molecular flexibility index (Phi) is 6.91. The summed E-state index contributed by atoms with van der Waals surface area (Å²) in [6, 6.07) is -2.89. The maximum Gasteiger partial charge on any atom is 0.435 e. The summed E-state index contributed by atoms with van der Waals surface area (Å²) in [6.45, 7) is 0. The zero-order valence-electron chi connectivity index (χ0n) is 17.8. The van der Waals surface area contributed by atoms with Gasteiger partial charge in [0.05, 0.1) is 0 Å². The number of hydrogen-bond donors (Lipinski definition) is 0. The van der Waals surface area contributed by atoms with Crippen LogP contribution in [0.1, 0.15) is 40.5 Å². The Morgan fingerprint density at radius 1 is 0.375 bits per heavy atom. The molecule has 0 fully saturated rings. The highest BCUT2D eigenvalue weighted by Crippen LogP contribution is 2.43. The van der Waals surface area contributed by atoms with Crippen LogP contribution in [0.4, 0.5) is 79.0 Å². The minimum Gasteiger partial charge on any atom is -0.214 e. The Bertz CT molecular complexity index is 1200. The predicted octanol–water partition coefficient (Wildman–Crippen LogP) is 6.94. The summed E-state index contributed by atoms with van der Waals surface area (Å²) in [7, 11) is 0. The minimum absolute atomic E-state index is 0.962. The zero-order chi connectivity index (χ0) is 31.0. The summed E-state index contributed by atoms with van der Waals surface area (Å²) in [4.78, 5) is 0. The maximum atomic E-state index is 13.6. The topological polar surface area (TPSA) is 53.5 Å². The average Bonchev–Trinajstić information content (AvgIpc) is 3.42. The summed E-state index contributed by atoms with van der Waals surface area (Å²) in [5.74, 6) is 0. The molecule has 0 bridgehead atoms. The van der Waals surface area contributed by atoms with Crippen molar-refractivity contribution in [3.63, 3.8) is 0 Å². The summed E-state index contributed by atoms with van der Waals surface area (Å²) in [6.07, 6.45) is -40.2. The highest BCUT2D eigenvalue weighted by Gasteiger charge is 2.50. The van der Waals surface area contributed by atoms with Gasteiger partial charge in [-0.25, -0.2) is 14.0 Å². The van der Waals surface area contributed by atoms with Crippen molar-refractivity contribution >= 4 is 0 Å². The first-order valence-corrected chi connectivity index (χ1v) is 9.35. The second kappa shape index (κ2) is 8.94. The Morgan fingerprint density at radius 2 is 0.575 bits per heavy atom. The number of rotatable bonds is 3. The zero-order valence-corrected chi connectivity index (χ0v) is 17.8. The summed E-state index contributed by atoms with van der Waals surface area (Å²) in [5.41, 5.74) is -16.5. The molecule has 40 heavy (non-hydrogen) atoms. The van der Waals surface area contributed by atoms with Crippen molar-refractivity contribution in [3.8, 4) is 0 Å². The molecule has 0 saturated heterocycles. The molecule has 0 radical (unpaired) electrons. The van der Waals surface area contributed by atoms with Crippen LogP contribution >= 0.6 is 0 Å². The third-order valence-electron chi connectivity index (χ3n) is 4.61. The Hall–Kier alpha value is -3.63. The van der Waals surface area contributed by atoms with Crippen molar-refractivity contribution in [2.24, 2.45) is 0 Å². The first kappa shape index (κ1) is 30.9. The van der Waals surface area contributed by atoms with Crippen molar-refractivity contribution < 1.29 is 79.0 Å². The van der Waals surface area contributed by atoms with Crippen LogP contribution in [0.5, 0.6) is 0 Å². The highest BCUT2D eigenvalue weighted by atomic mass is 19.4. The summed E-state index contributed by atoms with van der Waals surface area (Å²) >= 11 is 0. The molecule has 6 nitrogen and oxygen atoms in total. The van der Waals surface area contributed by atoms with Crippen LogP contribution in [0.25, 0.3) is 0 Å². The van der Waals surface area contributed by atoms with E-state index in [1.54, 1.807) is 0 Å². The van der Waals surface area contributed by atoms with E-state index >= 15 is 0 Å². The average molecular weight is 622 g/mol. The Balaban J connectivity index is 2.60. The molecule has 0 aliphatic carbocycles. The molecule has 0 spiro atoms. The van der Waals surface area contributed by atoms with Crippen LogP contribution in [-0.2, 0) is 37.1 Å². The van der Waals surface area contributed by atoms with Crippen LogP contribution in [0, 0.1) is 0 Å². The van der Waals surface area contributed by atoms with Gasteiger partial charge in [-0.3, -0.25) is 0 Å². The van der Waals surface area contributed by atoms with Crippen molar-refractivity contribution in [1.82, 2.24) is 29.3 Å². The molecule has 0 aromatic carbocycles. The largest absolute Gasteiger partial charge is 0.435 e. The van der Waals surface area contributed by atoms with Gasteiger partial charge in [-0.1, -0.05) is 0 Å². The molecule has 0 aliphatic heterocycles. The molecular weight excluding hydrogens is 618 g/mol. The SMILES string of the molecule is FC(F)(F)c1cc(C(F)(F)F)n(C(n2nc(C(F)(F)F)cc2C(F)(F)F)n2nc(C(F)(F)F)cc2C(F)(F)F)n1. The first-order valence-electron chi connectivity index (χ1n) is 9.35. The van der Waals surface area contributed by atoms with Crippen LogP contribution in [0.15, 0.2) is 18.2 Å². The van der Waals surface area contributed by atoms with Crippen molar-refractivity contribution in [2.45, 2.75) is 43.3 Å². The molecular formula is C16H4F18N6. The number of halogens is 18. The van der Waals surface area contributed by atoms with E-state index in [9.17, 15) is 79.0 Å².